The van der Waals surface area contributed by atoms with Gasteiger partial charge in [0.2, 0.25) is 5.91 Å². The number of hydrogen-bond acceptors (Lipinski definition) is 8. The van der Waals surface area contributed by atoms with E-state index in [0.717, 1.165) is 31.1 Å². The van der Waals surface area contributed by atoms with E-state index in [4.69, 9.17) is 18.5 Å². The molecule has 1 saturated heterocycles. The van der Waals surface area contributed by atoms with Crippen LogP contribution in [0.15, 0.2) is 54.8 Å². The van der Waals surface area contributed by atoms with Crippen LogP contribution in [0.2, 0.25) is 0 Å². The molecule has 12 heteroatoms. The number of rotatable bonds is 10. The van der Waals surface area contributed by atoms with Crippen LogP contribution in [0.25, 0.3) is 0 Å². The molecule has 37 heavy (non-hydrogen) atoms. The van der Waals surface area contributed by atoms with Gasteiger partial charge in [0.05, 0.1) is 13.0 Å². The number of allylic oxidation sites excluding steroid dienone is 1. The molecule has 1 amide bonds. The first kappa shape index (κ1) is 27.5. The number of halogens is 1. The number of ether oxygens (including phenoxy) is 2. The molecule has 1 unspecified atom stereocenters. The Bertz CT molecular complexity index is 1090. The molecule has 202 valence electrons. The van der Waals surface area contributed by atoms with Crippen LogP contribution >= 0.6 is 7.75 Å². The number of nitrogens with one attached hydrogen (secondary N) is 1. The SMILES string of the molecule is C=C1C=CN([C@@H]2O[C@H](COP(=O)(N[C@@H](C)C(=O)OC3CCC3)Oc3ccccc3)[C@@H](O)[C@@]2(C)F)C(=O)C1. The predicted octanol–water partition coefficient (Wildman–Crippen LogP) is 3.38. The van der Waals surface area contributed by atoms with Crippen molar-refractivity contribution in [2.24, 2.45) is 0 Å². The fourth-order valence-electron chi connectivity index (χ4n) is 4.10. The summed E-state index contributed by atoms with van der Waals surface area (Å²) in [5.74, 6) is -0.854. The summed E-state index contributed by atoms with van der Waals surface area (Å²) in [6, 6.07) is 7.11. The average molecular weight is 539 g/mol. The Kier molecular flexibility index (Phi) is 8.20. The number of aliphatic hydroxyl groups is 1. The van der Waals surface area contributed by atoms with Gasteiger partial charge in [-0.1, -0.05) is 24.8 Å². The van der Waals surface area contributed by atoms with E-state index in [1.165, 1.54) is 13.1 Å². The molecule has 2 N–H and O–H groups in total. The van der Waals surface area contributed by atoms with Crippen molar-refractivity contribution < 1.29 is 42.2 Å². The van der Waals surface area contributed by atoms with Crippen LogP contribution in [-0.4, -0.2) is 64.7 Å². The van der Waals surface area contributed by atoms with Gasteiger partial charge in [-0.25, -0.2) is 8.96 Å². The van der Waals surface area contributed by atoms with E-state index in [-0.39, 0.29) is 18.3 Å². The minimum Gasteiger partial charge on any atom is -0.461 e. The normalized spacial score (nSPS) is 30.5. The summed E-state index contributed by atoms with van der Waals surface area (Å²) in [5, 5.41) is 13.2. The van der Waals surface area contributed by atoms with Crippen LogP contribution in [0.3, 0.4) is 0 Å². The Morgan fingerprint density at radius 2 is 2.08 bits per heavy atom. The summed E-state index contributed by atoms with van der Waals surface area (Å²) in [4.78, 5) is 26.0. The quantitative estimate of drug-likeness (QED) is 0.341. The highest BCUT2D eigenvalue weighted by atomic mass is 31.2. The molecule has 2 heterocycles. The summed E-state index contributed by atoms with van der Waals surface area (Å²) >= 11 is 0. The largest absolute Gasteiger partial charge is 0.461 e. The highest BCUT2D eigenvalue weighted by Crippen LogP contribution is 2.47. The third kappa shape index (κ3) is 6.30. The molecule has 1 aromatic carbocycles. The lowest BCUT2D eigenvalue weighted by molar-refractivity contribution is -0.154. The number of esters is 1. The molecule has 1 saturated carbocycles. The van der Waals surface area contributed by atoms with Crippen molar-refractivity contribution in [3.63, 3.8) is 0 Å². The van der Waals surface area contributed by atoms with E-state index >= 15 is 4.39 Å². The molecular formula is C25H32FN2O8P. The first-order chi connectivity index (χ1) is 17.5. The van der Waals surface area contributed by atoms with Gasteiger partial charge in [0.25, 0.3) is 0 Å². The highest BCUT2D eigenvalue weighted by Gasteiger charge is 2.57. The van der Waals surface area contributed by atoms with Crippen molar-refractivity contribution in [1.29, 1.82) is 0 Å². The predicted molar refractivity (Wildman–Crippen MR) is 131 cm³/mol. The third-order valence-corrected chi connectivity index (χ3v) is 8.17. The molecule has 10 nitrogen and oxygen atoms in total. The van der Waals surface area contributed by atoms with Gasteiger partial charge >= 0.3 is 13.7 Å². The summed E-state index contributed by atoms with van der Waals surface area (Å²) in [5.41, 5.74) is -1.79. The second-order valence-electron chi connectivity index (χ2n) is 9.61. The molecule has 0 aromatic heterocycles. The number of para-hydroxylation sites is 1. The Morgan fingerprint density at radius 1 is 1.38 bits per heavy atom. The maximum absolute atomic E-state index is 15.6. The zero-order chi connectivity index (χ0) is 26.8. The smallest absolute Gasteiger partial charge is 0.459 e. The van der Waals surface area contributed by atoms with Gasteiger partial charge in [-0.2, -0.15) is 5.09 Å². The van der Waals surface area contributed by atoms with E-state index < -0.39 is 56.4 Å². The van der Waals surface area contributed by atoms with Crippen LogP contribution in [0.4, 0.5) is 4.39 Å². The maximum atomic E-state index is 15.6. The fraction of sp³-hybridized carbons (Fsp3) is 0.520. The summed E-state index contributed by atoms with van der Waals surface area (Å²) in [6.45, 7) is 5.74. The Balaban J connectivity index is 1.46. The first-order valence-corrected chi connectivity index (χ1v) is 13.7. The molecule has 2 fully saturated rings. The van der Waals surface area contributed by atoms with Gasteiger partial charge in [0.1, 0.15) is 30.1 Å². The molecule has 3 aliphatic rings. The van der Waals surface area contributed by atoms with Gasteiger partial charge in [0.15, 0.2) is 11.9 Å². The van der Waals surface area contributed by atoms with Gasteiger partial charge in [-0.05, 0) is 56.9 Å². The zero-order valence-electron chi connectivity index (χ0n) is 20.7. The molecule has 1 aliphatic carbocycles. The molecule has 2 aliphatic heterocycles. The van der Waals surface area contributed by atoms with Crippen molar-refractivity contribution in [3.8, 4) is 5.75 Å². The molecule has 6 atom stereocenters. The van der Waals surface area contributed by atoms with Gasteiger partial charge in [-0.3, -0.25) is 19.0 Å². The van der Waals surface area contributed by atoms with Crippen LogP contribution in [-0.2, 0) is 28.2 Å². The lowest BCUT2D eigenvalue weighted by atomic mass is 9.96. The molecule has 4 rings (SSSR count). The zero-order valence-corrected chi connectivity index (χ0v) is 21.6. The number of carbonyl (C=O) groups is 2. The second kappa shape index (κ2) is 11.0. The molecule has 0 bridgehead atoms. The van der Waals surface area contributed by atoms with Crippen molar-refractivity contribution in [3.05, 3.63) is 54.8 Å². The van der Waals surface area contributed by atoms with E-state index in [1.807, 2.05) is 0 Å². The molecule has 0 spiro atoms. The standard InChI is InChI=1S/C25H32FN2O8P/c1-16-12-13-28(21(29)14-16)24-25(3,26)22(30)20(35-24)15-33-37(32,36-19-8-5-4-6-9-19)27-17(2)23(31)34-18-10-7-11-18/h4-6,8-9,12-13,17-18,20,22,24,30H,1,7,10-11,14-15H2,2-3H3,(H,27,32)/t17-,20+,22+,24+,25+,37?/m0/s1. The number of alkyl halides is 1. The fourth-order valence-corrected chi connectivity index (χ4v) is 5.60. The Morgan fingerprint density at radius 3 is 2.70 bits per heavy atom. The Hall–Kier alpha value is -2.56. The first-order valence-electron chi connectivity index (χ1n) is 12.2. The number of carbonyl (C=O) groups excluding carboxylic acids is 2. The summed E-state index contributed by atoms with van der Waals surface area (Å²) in [7, 11) is -4.25. The van der Waals surface area contributed by atoms with E-state index in [0.29, 0.717) is 5.57 Å². The minimum absolute atomic E-state index is 0.0113. The monoisotopic (exact) mass is 538 g/mol. The van der Waals surface area contributed by atoms with E-state index in [9.17, 15) is 19.3 Å². The van der Waals surface area contributed by atoms with E-state index in [1.54, 1.807) is 36.4 Å². The lowest BCUT2D eigenvalue weighted by Gasteiger charge is -2.33. The number of hydrogen-bond donors (Lipinski definition) is 2. The van der Waals surface area contributed by atoms with Gasteiger partial charge < -0.3 is 19.1 Å². The topological polar surface area (TPSA) is 124 Å². The van der Waals surface area contributed by atoms with Crippen LogP contribution in [0, 0.1) is 0 Å². The summed E-state index contributed by atoms with van der Waals surface area (Å²) in [6.07, 6.45) is 0.815. The van der Waals surface area contributed by atoms with Crippen molar-refractivity contribution in [2.45, 2.75) is 75.8 Å². The number of amides is 1. The third-order valence-electron chi connectivity index (χ3n) is 6.52. The van der Waals surface area contributed by atoms with Gasteiger partial charge in [0, 0.05) is 6.20 Å². The number of aliphatic hydroxyl groups excluding tert-OH is 1. The van der Waals surface area contributed by atoms with Crippen LogP contribution in [0.1, 0.15) is 39.5 Å². The van der Waals surface area contributed by atoms with E-state index in [2.05, 4.69) is 11.7 Å². The Labute approximate surface area is 215 Å². The average Bonchev–Trinajstić information content (AvgIpc) is 3.04. The summed E-state index contributed by atoms with van der Waals surface area (Å²) < 4.78 is 51.4. The van der Waals surface area contributed by atoms with Crippen molar-refractivity contribution >= 4 is 19.6 Å². The minimum atomic E-state index is -4.25. The number of benzene rings is 1. The number of nitrogens with zero attached hydrogens (tertiary/aromatic N) is 1. The van der Waals surface area contributed by atoms with Gasteiger partial charge in [-0.15, -0.1) is 0 Å². The second-order valence-corrected chi connectivity index (χ2v) is 11.3. The van der Waals surface area contributed by atoms with Crippen molar-refractivity contribution in [2.75, 3.05) is 6.61 Å². The van der Waals surface area contributed by atoms with Crippen molar-refractivity contribution in [1.82, 2.24) is 9.99 Å². The maximum Gasteiger partial charge on any atom is 0.459 e. The van der Waals surface area contributed by atoms with Crippen LogP contribution < -0.4 is 9.61 Å². The molecular weight excluding hydrogens is 506 g/mol. The molecule has 0 radical (unpaired) electrons. The molecule has 1 aromatic rings. The highest BCUT2D eigenvalue weighted by molar-refractivity contribution is 7.52. The lowest BCUT2D eigenvalue weighted by Crippen LogP contribution is -2.51. The van der Waals surface area contributed by atoms with Crippen LogP contribution in [0.5, 0.6) is 5.75 Å².